The normalized spacial score (nSPS) is 11.3. The van der Waals surface area contributed by atoms with E-state index in [1.807, 2.05) is 0 Å². The van der Waals surface area contributed by atoms with Crippen molar-refractivity contribution in [2.24, 2.45) is 0 Å². The van der Waals surface area contributed by atoms with E-state index < -0.39 is 10.0 Å². The van der Waals surface area contributed by atoms with Gasteiger partial charge in [0, 0.05) is 11.4 Å². The van der Waals surface area contributed by atoms with Crippen LogP contribution in [0.15, 0.2) is 47.4 Å². The van der Waals surface area contributed by atoms with Crippen LogP contribution in [0.1, 0.15) is 17.0 Å². The Bertz CT molecular complexity index is 1220. The van der Waals surface area contributed by atoms with E-state index in [-0.39, 0.29) is 17.3 Å². The van der Waals surface area contributed by atoms with Crippen LogP contribution in [0.2, 0.25) is 5.02 Å². The van der Waals surface area contributed by atoms with E-state index in [9.17, 15) is 13.2 Å². The molecule has 0 atom stereocenters. The van der Waals surface area contributed by atoms with Gasteiger partial charge in [-0.2, -0.15) is 5.10 Å². The first kappa shape index (κ1) is 22.6. The van der Waals surface area contributed by atoms with Crippen LogP contribution in [0.25, 0.3) is 0 Å². The largest absolute Gasteiger partial charge is 0.497 e. The molecule has 2 N–H and O–H groups in total. The highest BCUT2D eigenvalue weighted by Crippen LogP contribution is 2.24. The molecule has 3 rings (SSSR count). The molecule has 0 aliphatic rings. The van der Waals surface area contributed by atoms with Crippen molar-refractivity contribution in [2.75, 3.05) is 17.1 Å². The first-order valence-electron chi connectivity index (χ1n) is 9.37. The van der Waals surface area contributed by atoms with Crippen molar-refractivity contribution in [2.45, 2.75) is 32.2 Å². The van der Waals surface area contributed by atoms with Gasteiger partial charge in [0.2, 0.25) is 5.91 Å². The summed E-state index contributed by atoms with van der Waals surface area (Å²) in [5.41, 5.74) is 2.63. The Morgan fingerprint density at radius 1 is 1.10 bits per heavy atom. The van der Waals surface area contributed by atoms with Crippen LogP contribution in [-0.2, 0) is 21.4 Å². The summed E-state index contributed by atoms with van der Waals surface area (Å²) in [5, 5.41) is 7.46. The highest BCUT2D eigenvalue weighted by atomic mass is 35.5. The molecule has 3 aromatic rings. The number of halogens is 1. The maximum atomic E-state index is 12.9. The lowest BCUT2D eigenvalue weighted by atomic mass is 10.2. The van der Waals surface area contributed by atoms with Crippen molar-refractivity contribution in [3.63, 3.8) is 0 Å². The Hall–Kier alpha value is -3.04. The molecule has 2 aromatic carbocycles. The molecule has 0 spiro atoms. The third-order valence-corrected chi connectivity index (χ3v) is 6.76. The number of aryl methyl sites for hydroxylation is 2. The second kappa shape index (κ2) is 8.99. The van der Waals surface area contributed by atoms with E-state index >= 15 is 0 Å². The standard InChI is InChI=1S/C21H23ClN4O4S/c1-13-5-6-17(23-20(27)12-26-15(3)21(22)14(2)24-26)11-19(13)31(28,29)25-16-7-9-18(30-4)10-8-16/h5-11,25H,12H2,1-4H3,(H,23,27). The van der Waals surface area contributed by atoms with Crippen LogP contribution >= 0.6 is 11.6 Å². The predicted octanol–water partition coefficient (Wildman–Crippen LogP) is 3.91. The average molecular weight is 463 g/mol. The van der Waals surface area contributed by atoms with Crippen molar-refractivity contribution in [1.29, 1.82) is 0 Å². The van der Waals surface area contributed by atoms with Gasteiger partial charge in [0.25, 0.3) is 10.0 Å². The van der Waals surface area contributed by atoms with Crippen LogP contribution in [0.5, 0.6) is 5.75 Å². The number of benzene rings is 2. The van der Waals surface area contributed by atoms with Crippen LogP contribution in [-0.4, -0.2) is 31.2 Å². The molecule has 0 bridgehead atoms. The second-order valence-electron chi connectivity index (χ2n) is 7.00. The smallest absolute Gasteiger partial charge is 0.262 e. The Kier molecular flexibility index (Phi) is 6.56. The highest BCUT2D eigenvalue weighted by molar-refractivity contribution is 7.92. The number of ether oxygens (including phenoxy) is 1. The lowest BCUT2D eigenvalue weighted by Crippen LogP contribution is -2.21. The topological polar surface area (TPSA) is 102 Å². The summed E-state index contributed by atoms with van der Waals surface area (Å²) < 4.78 is 34.9. The molecule has 1 aromatic heterocycles. The van der Waals surface area contributed by atoms with Gasteiger partial charge in [-0.3, -0.25) is 14.2 Å². The maximum Gasteiger partial charge on any atom is 0.262 e. The summed E-state index contributed by atoms with van der Waals surface area (Å²) in [6, 6.07) is 11.2. The molecule has 164 valence electrons. The fourth-order valence-electron chi connectivity index (χ4n) is 3.00. The molecule has 0 unspecified atom stereocenters. The summed E-state index contributed by atoms with van der Waals surface area (Å²) in [6.07, 6.45) is 0. The van der Waals surface area contributed by atoms with Crippen molar-refractivity contribution < 1.29 is 17.9 Å². The minimum Gasteiger partial charge on any atom is -0.497 e. The molecule has 31 heavy (non-hydrogen) atoms. The van der Waals surface area contributed by atoms with Gasteiger partial charge in [-0.15, -0.1) is 0 Å². The molecular weight excluding hydrogens is 440 g/mol. The summed E-state index contributed by atoms with van der Waals surface area (Å²) in [4.78, 5) is 12.5. The number of amides is 1. The first-order valence-corrected chi connectivity index (χ1v) is 11.2. The number of hydrogen-bond donors (Lipinski definition) is 2. The summed E-state index contributed by atoms with van der Waals surface area (Å²) in [7, 11) is -2.33. The van der Waals surface area contributed by atoms with Gasteiger partial charge >= 0.3 is 0 Å². The zero-order valence-corrected chi connectivity index (χ0v) is 19.1. The monoisotopic (exact) mass is 462 g/mol. The minimum atomic E-state index is -3.87. The SMILES string of the molecule is COc1ccc(NS(=O)(=O)c2cc(NC(=O)Cn3nc(C)c(Cl)c3C)ccc2C)cc1. The zero-order valence-electron chi connectivity index (χ0n) is 17.6. The molecule has 0 saturated carbocycles. The van der Waals surface area contributed by atoms with Gasteiger partial charge in [0.05, 0.1) is 28.4 Å². The second-order valence-corrected chi connectivity index (χ2v) is 9.03. The van der Waals surface area contributed by atoms with Crippen LogP contribution in [0.4, 0.5) is 11.4 Å². The van der Waals surface area contributed by atoms with E-state index in [0.29, 0.717) is 39.1 Å². The number of anilines is 2. The van der Waals surface area contributed by atoms with Gasteiger partial charge in [-0.25, -0.2) is 8.42 Å². The van der Waals surface area contributed by atoms with Crippen molar-refractivity contribution in [1.82, 2.24) is 9.78 Å². The van der Waals surface area contributed by atoms with Gasteiger partial charge in [-0.1, -0.05) is 17.7 Å². The molecule has 0 aliphatic heterocycles. The molecule has 1 heterocycles. The number of carbonyl (C=O) groups is 1. The Morgan fingerprint density at radius 2 is 1.74 bits per heavy atom. The summed E-state index contributed by atoms with van der Waals surface area (Å²) in [5.74, 6) is 0.269. The molecule has 10 heteroatoms. The van der Waals surface area contributed by atoms with Gasteiger partial charge in [0.1, 0.15) is 12.3 Å². The lowest BCUT2D eigenvalue weighted by molar-refractivity contribution is -0.116. The quantitative estimate of drug-likeness (QED) is 0.554. The Labute approximate surface area is 186 Å². The number of carbonyl (C=O) groups excluding carboxylic acids is 1. The van der Waals surface area contributed by atoms with E-state index in [1.54, 1.807) is 57.2 Å². The van der Waals surface area contributed by atoms with Crippen LogP contribution in [0.3, 0.4) is 0 Å². The third-order valence-electron chi connectivity index (χ3n) is 4.69. The molecule has 0 saturated heterocycles. The van der Waals surface area contributed by atoms with Crippen molar-refractivity contribution >= 4 is 38.9 Å². The van der Waals surface area contributed by atoms with Gasteiger partial charge < -0.3 is 10.1 Å². The van der Waals surface area contributed by atoms with Crippen molar-refractivity contribution in [3.05, 3.63) is 64.4 Å². The number of nitrogens with zero attached hydrogens (tertiary/aromatic N) is 2. The number of nitrogens with one attached hydrogen (secondary N) is 2. The van der Waals surface area contributed by atoms with E-state index in [0.717, 1.165) is 0 Å². The van der Waals surface area contributed by atoms with E-state index in [1.165, 1.54) is 17.9 Å². The molecule has 0 radical (unpaired) electrons. The summed E-state index contributed by atoms with van der Waals surface area (Å²) >= 11 is 6.12. The minimum absolute atomic E-state index is 0.0422. The predicted molar refractivity (Wildman–Crippen MR) is 120 cm³/mol. The average Bonchev–Trinajstić information content (AvgIpc) is 2.96. The van der Waals surface area contributed by atoms with E-state index in [2.05, 4.69) is 15.1 Å². The van der Waals surface area contributed by atoms with Gasteiger partial charge in [0.15, 0.2) is 0 Å². The molecular formula is C21H23ClN4O4S. The number of methoxy groups -OCH3 is 1. The van der Waals surface area contributed by atoms with Crippen LogP contribution < -0.4 is 14.8 Å². The maximum absolute atomic E-state index is 12.9. The van der Waals surface area contributed by atoms with Crippen molar-refractivity contribution in [3.8, 4) is 5.75 Å². The third kappa shape index (κ3) is 5.18. The number of rotatable bonds is 7. The Morgan fingerprint density at radius 3 is 2.32 bits per heavy atom. The fourth-order valence-corrected chi connectivity index (χ4v) is 4.47. The van der Waals surface area contributed by atoms with E-state index in [4.69, 9.17) is 16.3 Å². The molecule has 0 fully saturated rings. The first-order chi connectivity index (χ1) is 14.6. The fraction of sp³-hybridized carbons (Fsp3) is 0.238. The van der Waals surface area contributed by atoms with Gasteiger partial charge in [-0.05, 0) is 62.7 Å². The summed E-state index contributed by atoms with van der Waals surface area (Å²) in [6.45, 7) is 5.18. The molecule has 1 amide bonds. The molecule has 8 nitrogen and oxygen atoms in total. The molecule has 0 aliphatic carbocycles. The Balaban J connectivity index is 1.78. The lowest BCUT2D eigenvalue weighted by Gasteiger charge is -2.13. The highest BCUT2D eigenvalue weighted by Gasteiger charge is 2.19. The number of sulfonamides is 1. The zero-order chi connectivity index (χ0) is 22.8. The number of aromatic nitrogens is 2. The number of hydrogen-bond acceptors (Lipinski definition) is 5. The van der Waals surface area contributed by atoms with Crippen LogP contribution in [0, 0.1) is 20.8 Å².